The molecule has 3 aromatic heterocycles. The monoisotopic (exact) mass is 401 g/mol. The van der Waals surface area contributed by atoms with Gasteiger partial charge in [0.05, 0.1) is 16.0 Å². The van der Waals surface area contributed by atoms with Crippen LogP contribution in [-0.2, 0) is 9.84 Å². The Hall–Kier alpha value is -2.71. The summed E-state index contributed by atoms with van der Waals surface area (Å²) in [5.41, 5.74) is 1.64. The summed E-state index contributed by atoms with van der Waals surface area (Å²) < 4.78 is 28.1. The van der Waals surface area contributed by atoms with Crippen molar-refractivity contribution in [3.05, 3.63) is 59.9 Å². The lowest BCUT2D eigenvalue weighted by Gasteiger charge is -2.12. The molecule has 0 aromatic carbocycles. The van der Waals surface area contributed by atoms with Crippen molar-refractivity contribution in [2.24, 2.45) is 0 Å². The number of pyridine rings is 1. The fourth-order valence-corrected chi connectivity index (χ4v) is 4.85. The number of nitrogens with zero attached hydrogens (tertiary/aromatic N) is 4. The van der Waals surface area contributed by atoms with E-state index >= 15 is 0 Å². The third-order valence-corrected chi connectivity index (χ3v) is 6.31. The maximum absolute atomic E-state index is 13.3. The van der Waals surface area contributed by atoms with Gasteiger partial charge in [-0.25, -0.2) is 17.9 Å². The second-order valence-electron chi connectivity index (χ2n) is 5.98. The van der Waals surface area contributed by atoms with Crippen molar-refractivity contribution in [1.29, 1.82) is 0 Å². The van der Waals surface area contributed by atoms with E-state index in [-0.39, 0.29) is 26.6 Å². The summed E-state index contributed by atoms with van der Waals surface area (Å²) in [4.78, 5) is 8.81. The van der Waals surface area contributed by atoms with Crippen LogP contribution in [0.4, 0.5) is 5.82 Å². The van der Waals surface area contributed by atoms with Crippen LogP contribution >= 0.6 is 11.6 Å². The van der Waals surface area contributed by atoms with Gasteiger partial charge in [-0.05, 0) is 36.8 Å². The Labute approximate surface area is 161 Å². The Kier molecular flexibility index (Phi) is 4.45. The van der Waals surface area contributed by atoms with Crippen molar-refractivity contribution < 1.29 is 8.42 Å². The molecule has 1 atom stereocenters. The minimum absolute atomic E-state index is 0.0254. The van der Waals surface area contributed by atoms with Crippen LogP contribution in [0.1, 0.15) is 6.42 Å². The molecule has 4 rings (SSSR count). The maximum atomic E-state index is 13.3. The molecule has 3 heterocycles. The SMILES string of the molecule is CNc1nn2ccc(-c3cccnc3)nc2c1S(=O)(=O)C1=CC(Cl)CC=C1. The Morgan fingerprint density at radius 1 is 1.33 bits per heavy atom. The first-order chi connectivity index (χ1) is 13.0. The summed E-state index contributed by atoms with van der Waals surface area (Å²) in [6.45, 7) is 0. The molecule has 0 amide bonds. The Morgan fingerprint density at radius 2 is 2.19 bits per heavy atom. The van der Waals surface area contributed by atoms with Crippen LogP contribution in [0.25, 0.3) is 16.9 Å². The van der Waals surface area contributed by atoms with Crippen LogP contribution in [0, 0.1) is 0 Å². The summed E-state index contributed by atoms with van der Waals surface area (Å²) in [7, 11) is -2.23. The van der Waals surface area contributed by atoms with E-state index in [4.69, 9.17) is 11.6 Å². The molecular formula is C18H16ClN5O2S. The van der Waals surface area contributed by atoms with Gasteiger partial charge in [0.15, 0.2) is 16.4 Å². The number of alkyl halides is 1. The van der Waals surface area contributed by atoms with Gasteiger partial charge in [-0.15, -0.1) is 16.7 Å². The third-order valence-electron chi connectivity index (χ3n) is 4.20. The Balaban J connectivity index is 1.95. The van der Waals surface area contributed by atoms with Crippen molar-refractivity contribution in [2.45, 2.75) is 16.7 Å². The largest absolute Gasteiger partial charge is 0.370 e. The molecule has 0 bridgehead atoms. The zero-order valence-corrected chi connectivity index (χ0v) is 15.9. The lowest BCUT2D eigenvalue weighted by atomic mass is 10.2. The van der Waals surface area contributed by atoms with E-state index in [0.717, 1.165) is 5.56 Å². The molecule has 138 valence electrons. The van der Waals surface area contributed by atoms with Gasteiger partial charge < -0.3 is 5.32 Å². The van der Waals surface area contributed by atoms with Gasteiger partial charge in [-0.3, -0.25) is 4.98 Å². The molecule has 0 aliphatic heterocycles. The molecule has 3 aromatic rings. The van der Waals surface area contributed by atoms with Crippen LogP contribution in [0.3, 0.4) is 0 Å². The topological polar surface area (TPSA) is 89.2 Å². The minimum Gasteiger partial charge on any atom is -0.370 e. The molecular weight excluding hydrogens is 386 g/mol. The molecule has 1 aliphatic rings. The van der Waals surface area contributed by atoms with E-state index in [1.54, 1.807) is 56.0 Å². The van der Waals surface area contributed by atoms with Gasteiger partial charge in [-0.1, -0.05) is 6.08 Å². The van der Waals surface area contributed by atoms with E-state index < -0.39 is 9.84 Å². The number of fused-ring (bicyclic) bond motifs is 1. The molecule has 7 nitrogen and oxygen atoms in total. The lowest BCUT2D eigenvalue weighted by molar-refractivity contribution is 0.603. The molecule has 1 unspecified atom stereocenters. The van der Waals surface area contributed by atoms with Crippen LogP contribution < -0.4 is 5.32 Å². The van der Waals surface area contributed by atoms with Crippen molar-refractivity contribution >= 4 is 32.9 Å². The van der Waals surface area contributed by atoms with Gasteiger partial charge in [0.1, 0.15) is 0 Å². The number of sulfone groups is 1. The fourth-order valence-electron chi connectivity index (χ4n) is 2.91. The standard InChI is InChI=1S/C18H16ClN5O2S/c1-20-17-16(27(25,26)14-6-2-5-13(19)10-14)18-22-15(7-9-24(18)23-17)12-4-3-8-21-11-12/h2-4,6-11,13H,5H2,1H3,(H,20,23). The third kappa shape index (κ3) is 3.11. The summed E-state index contributed by atoms with van der Waals surface area (Å²) in [6, 6.07) is 5.42. The second kappa shape index (κ2) is 6.79. The lowest BCUT2D eigenvalue weighted by Crippen LogP contribution is -2.10. The maximum Gasteiger partial charge on any atom is 0.213 e. The summed E-state index contributed by atoms with van der Waals surface area (Å²) in [5.74, 6) is 0.233. The number of rotatable bonds is 4. The van der Waals surface area contributed by atoms with Gasteiger partial charge in [0.2, 0.25) is 9.84 Å². The normalized spacial score (nSPS) is 17.1. The Bertz CT molecular complexity index is 1170. The predicted octanol–water partition coefficient (Wildman–Crippen LogP) is 3.06. The van der Waals surface area contributed by atoms with Crippen LogP contribution in [0.2, 0.25) is 0 Å². The van der Waals surface area contributed by atoms with E-state index in [9.17, 15) is 8.42 Å². The smallest absolute Gasteiger partial charge is 0.213 e. The highest BCUT2D eigenvalue weighted by molar-refractivity contribution is 7.95. The van der Waals surface area contributed by atoms with E-state index in [2.05, 4.69) is 20.4 Å². The molecule has 0 saturated heterocycles. The van der Waals surface area contributed by atoms with E-state index in [1.165, 1.54) is 4.52 Å². The first kappa shape index (κ1) is 17.7. The number of hydrogen-bond donors (Lipinski definition) is 1. The Morgan fingerprint density at radius 3 is 2.89 bits per heavy atom. The summed E-state index contributed by atoms with van der Waals surface area (Å²) in [5, 5.41) is 6.80. The highest BCUT2D eigenvalue weighted by Crippen LogP contribution is 2.33. The van der Waals surface area contributed by atoms with Crippen molar-refractivity contribution in [3.63, 3.8) is 0 Å². The highest BCUT2D eigenvalue weighted by Gasteiger charge is 2.30. The molecule has 1 aliphatic carbocycles. The first-order valence-corrected chi connectivity index (χ1v) is 10.2. The summed E-state index contributed by atoms with van der Waals surface area (Å²) in [6.07, 6.45) is 10.5. The quantitative estimate of drug-likeness (QED) is 0.676. The molecule has 0 saturated carbocycles. The number of halogens is 1. The molecule has 1 N–H and O–H groups in total. The number of allylic oxidation sites excluding steroid dienone is 3. The minimum atomic E-state index is -3.85. The van der Waals surface area contributed by atoms with Crippen molar-refractivity contribution in [2.75, 3.05) is 12.4 Å². The van der Waals surface area contributed by atoms with Crippen molar-refractivity contribution in [3.8, 4) is 11.3 Å². The summed E-state index contributed by atoms with van der Waals surface area (Å²) >= 11 is 6.12. The predicted molar refractivity (Wildman–Crippen MR) is 104 cm³/mol. The average molecular weight is 402 g/mol. The molecule has 9 heteroatoms. The van der Waals surface area contributed by atoms with Crippen LogP contribution in [0.5, 0.6) is 0 Å². The molecule has 0 radical (unpaired) electrons. The first-order valence-electron chi connectivity index (χ1n) is 8.26. The fraction of sp³-hybridized carbons (Fsp3) is 0.167. The molecule has 0 fully saturated rings. The van der Waals surface area contributed by atoms with Gasteiger partial charge in [0, 0.05) is 31.2 Å². The highest BCUT2D eigenvalue weighted by atomic mass is 35.5. The van der Waals surface area contributed by atoms with Crippen molar-refractivity contribution in [1.82, 2.24) is 19.6 Å². The van der Waals surface area contributed by atoms with Gasteiger partial charge in [-0.2, -0.15) is 0 Å². The van der Waals surface area contributed by atoms with Crippen LogP contribution in [-0.4, -0.2) is 40.4 Å². The number of nitrogens with one attached hydrogen (secondary N) is 1. The zero-order valence-electron chi connectivity index (χ0n) is 14.4. The van der Waals surface area contributed by atoms with Gasteiger partial charge >= 0.3 is 0 Å². The number of hydrogen-bond acceptors (Lipinski definition) is 6. The second-order valence-corrected chi connectivity index (χ2v) is 8.42. The zero-order chi connectivity index (χ0) is 19.0. The average Bonchev–Trinajstić information content (AvgIpc) is 3.07. The van der Waals surface area contributed by atoms with E-state index in [0.29, 0.717) is 12.1 Å². The number of aromatic nitrogens is 4. The van der Waals surface area contributed by atoms with Gasteiger partial charge in [0.25, 0.3) is 0 Å². The number of anilines is 1. The molecule has 0 spiro atoms. The molecule has 27 heavy (non-hydrogen) atoms. The van der Waals surface area contributed by atoms with Crippen LogP contribution in [0.15, 0.2) is 64.8 Å². The van der Waals surface area contributed by atoms with E-state index in [1.807, 2.05) is 6.07 Å².